The lowest BCUT2D eigenvalue weighted by molar-refractivity contribution is 0.0946. The van der Waals surface area contributed by atoms with E-state index in [9.17, 15) is 4.79 Å². The fourth-order valence-corrected chi connectivity index (χ4v) is 2.31. The molecule has 0 atom stereocenters. The topological polar surface area (TPSA) is 77.2 Å². The van der Waals surface area contributed by atoms with E-state index >= 15 is 0 Å². The van der Waals surface area contributed by atoms with Crippen molar-refractivity contribution < 1.29 is 13.9 Å². The van der Waals surface area contributed by atoms with Gasteiger partial charge in [0.25, 0.3) is 5.91 Å². The Kier molecular flexibility index (Phi) is 4.86. The molecule has 0 fully saturated rings. The van der Waals surface area contributed by atoms with Crippen LogP contribution < -0.4 is 10.1 Å². The second-order valence-corrected chi connectivity index (χ2v) is 4.94. The van der Waals surface area contributed by atoms with E-state index in [1.54, 1.807) is 49.0 Å². The molecule has 3 aromatic rings. The number of ether oxygens (including phenoxy) is 1. The van der Waals surface area contributed by atoms with Crippen molar-refractivity contribution in [1.82, 2.24) is 15.3 Å². The van der Waals surface area contributed by atoms with Crippen LogP contribution in [0.25, 0.3) is 11.5 Å². The van der Waals surface area contributed by atoms with Crippen molar-refractivity contribution in [2.45, 2.75) is 13.5 Å². The predicted octanol–water partition coefficient (Wildman–Crippen LogP) is 3.07. The van der Waals surface area contributed by atoms with Gasteiger partial charge in [0, 0.05) is 12.4 Å². The number of para-hydroxylation sites is 1. The maximum Gasteiger partial charge on any atom is 0.255 e. The van der Waals surface area contributed by atoms with Crippen LogP contribution in [0.4, 0.5) is 0 Å². The summed E-state index contributed by atoms with van der Waals surface area (Å²) in [5, 5.41) is 2.85. The summed E-state index contributed by atoms with van der Waals surface area (Å²) in [4.78, 5) is 21.0. The standard InChI is InChI=1S/C18H17N3O3/c1-2-23-15-7-4-3-6-13(15)18(22)21-12-14-17(20-10-9-19-14)16-8-5-11-24-16/h3-11H,2,12H2,1H3,(H,21,22). The Morgan fingerprint density at radius 3 is 2.79 bits per heavy atom. The molecule has 0 aliphatic carbocycles. The first-order chi connectivity index (χ1) is 11.8. The Morgan fingerprint density at radius 1 is 1.17 bits per heavy atom. The second-order valence-electron chi connectivity index (χ2n) is 4.94. The van der Waals surface area contributed by atoms with Crippen LogP contribution in [0, 0.1) is 0 Å². The maximum absolute atomic E-state index is 12.4. The average molecular weight is 323 g/mol. The quantitative estimate of drug-likeness (QED) is 0.754. The summed E-state index contributed by atoms with van der Waals surface area (Å²) in [6.07, 6.45) is 4.75. The van der Waals surface area contributed by atoms with E-state index in [4.69, 9.17) is 9.15 Å². The molecule has 2 aromatic heterocycles. The van der Waals surface area contributed by atoms with E-state index in [1.165, 1.54) is 0 Å². The van der Waals surface area contributed by atoms with Crippen molar-refractivity contribution in [2.75, 3.05) is 6.61 Å². The molecule has 24 heavy (non-hydrogen) atoms. The van der Waals surface area contributed by atoms with Gasteiger partial charge in [-0.2, -0.15) is 0 Å². The monoisotopic (exact) mass is 323 g/mol. The molecule has 0 radical (unpaired) electrons. The normalized spacial score (nSPS) is 10.4. The lowest BCUT2D eigenvalue weighted by atomic mass is 10.2. The van der Waals surface area contributed by atoms with Crippen molar-refractivity contribution in [1.29, 1.82) is 0 Å². The molecule has 0 unspecified atom stereocenters. The van der Waals surface area contributed by atoms with Crippen LogP contribution in [0.3, 0.4) is 0 Å². The van der Waals surface area contributed by atoms with Crippen LogP contribution in [0.1, 0.15) is 23.0 Å². The summed E-state index contributed by atoms with van der Waals surface area (Å²) in [7, 11) is 0. The molecule has 1 N–H and O–H groups in total. The highest BCUT2D eigenvalue weighted by Gasteiger charge is 2.14. The van der Waals surface area contributed by atoms with Gasteiger partial charge in [0.2, 0.25) is 0 Å². The molecular weight excluding hydrogens is 306 g/mol. The SMILES string of the molecule is CCOc1ccccc1C(=O)NCc1nccnc1-c1ccco1. The Bertz CT molecular complexity index is 816. The third kappa shape index (κ3) is 3.43. The zero-order valence-electron chi connectivity index (χ0n) is 13.2. The molecular formula is C18H17N3O3. The first-order valence-corrected chi connectivity index (χ1v) is 7.63. The van der Waals surface area contributed by atoms with Crippen molar-refractivity contribution in [3.8, 4) is 17.2 Å². The van der Waals surface area contributed by atoms with Crippen molar-refractivity contribution >= 4 is 5.91 Å². The number of nitrogens with one attached hydrogen (secondary N) is 1. The number of benzene rings is 1. The maximum atomic E-state index is 12.4. The molecule has 0 bridgehead atoms. The van der Waals surface area contributed by atoms with E-state index in [2.05, 4.69) is 15.3 Å². The number of carbonyl (C=O) groups excluding carboxylic acids is 1. The minimum atomic E-state index is -0.227. The minimum absolute atomic E-state index is 0.227. The highest BCUT2D eigenvalue weighted by atomic mass is 16.5. The van der Waals surface area contributed by atoms with E-state index < -0.39 is 0 Å². The van der Waals surface area contributed by atoms with Gasteiger partial charge in [0.15, 0.2) is 5.76 Å². The van der Waals surface area contributed by atoms with Crippen LogP contribution in [0.15, 0.2) is 59.5 Å². The van der Waals surface area contributed by atoms with Crippen LogP contribution in [-0.4, -0.2) is 22.5 Å². The number of furan rings is 1. The molecule has 3 rings (SSSR count). The summed E-state index contributed by atoms with van der Waals surface area (Å²) in [5.74, 6) is 0.945. The molecule has 122 valence electrons. The number of hydrogen-bond acceptors (Lipinski definition) is 5. The number of hydrogen-bond donors (Lipinski definition) is 1. The fraction of sp³-hybridized carbons (Fsp3) is 0.167. The molecule has 0 aliphatic rings. The number of rotatable bonds is 6. The zero-order valence-corrected chi connectivity index (χ0v) is 13.2. The van der Waals surface area contributed by atoms with E-state index in [0.29, 0.717) is 35.1 Å². The molecule has 1 aromatic carbocycles. The number of aromatic nitrogens is 2. The van der Waals surface area contributed by atoms with Gasteiger partial charge in [-0.3, -0.25) is 9.78 Å². The van der Waals surface area contributed by atoms with Gasteiger partial charge in [0.05, 0.1) is 30.7 Å². The van der Waals surface area contributed by atoms with Gasteiger partial charge >= 0.3 is 0 Å². The summed E-state index contributed by atoms with van der Waals surface area (Å²) in [6.45, 7) is 2.62. The Morgan fingerprint density at radius 2 is 2.00 bits per heavy atom. The van der Waals surface area contributed by atoms with Crippen molar-refractivity contribution in [3.63, 3.8) is 0 Å². The van der Waals surface area contributed by atoms with Crippen molar-refractivity contribution in [2.24, 2.45) is 0 Å². The molecule has 0 spiro atoms. The summed E-state index contributed by atoms with van der Waals surface area (Å²) >= 11 is 0. The van der Waals surface area contributed by atoms with Crippen LogP contribution in [-0.2, 0) is 6.54 Å². The smallest absolute Gasteiger partial charge is 0.255 e. The number of carbonyl (C=O) groups is 1. The van der Waals surface area contributed by atoms with E-state index in [0.717, 1.165) is 0 Å². The Labute approximate surface area is 139 Å². The summed E-state index contributed by atoms with van der Waals surface area (Å²) in [6, 6.07) is 10.7. The summed E-state index contributed by atoms with van der Waals surface area (Å²) < 4.78 is 10.9. The van der Waals surface area contributed by atoms with Gasteiger partial charge in [-0.1, -0.05) is 12.1 Å². The minimum Gasteiger partial charge on any atom is -0.493 e. The van der Waals surface area contributed by atoms with Crippen LogP contribution in [0.5, 0.6) is 5.75 Å². The summed E-state index contributed by atoms with van der Waals surface area (Å²) in [5.41, 5.74) is 1.73. The molecule has 0 saturated heterocycles. The Hall–Kier alpha value is -3.15. The van der Waals surface area contributed by atoms with Crippen LogP contribution in [0.2, 0.25) is 0 Å². The lowest BCUT2D eigenvalue weighted by Gasteiger charge is -2.11. The van der Waals surface area contributed by atoms with Crippen molar-refractivity contribution in [3.05, 3.63) is 66.3 Å². The fourth-order valence-electron chi connectivity index (χ4n) is 2.31. The second kappa shape index (κ2) is 7.41. The van der Waals surface area contributed by atoms with Crippen LogP contribution >= 0.6 is 0 Å². The molecule has 6 heteroatoms. The number of amides is 1. The Balaban J connectivity index is 1.76. The molecule has 2 heterocycles. The first kappa shape index (κ1) is 15.7. The molecule has 0 saturated carbocycles. The highest BCUT2D eigenvalue weighted by Crippen LogP contribution is 2.21. The highest BCUT2D eigenvalue weighted by molar-refractivity contribution is 5.96. The number of nitrogens with zero attached hydrogens (tertiary/aromatic N) is 2. The largest absolute Gasteiger partial charge is 0.493 e. The van der Waals surface area contributed by atoms with E-state index in [-0.39, 0.29) is 12.5 Å². The zero-order chi connectivity index (χ0) is 16.8. The third-order valence-corrected chi connectivity index (χ3v) is 3.38. The van der Waals surface area contributed by atoms with E-state index in [1.807, 2.05) is 13.0 Å². The van der Waals surface area contributed by atoms with Gasteiger partial charge in [-0.05, 0) is 31.2 Å². The third-order valence-electron chi connectivity index (χ3n) is 3.38. The molecule has 1 amide bonds. The van der Waals surface area contributed by atoms with Gasteiger partial charge < -0.3 is 14.5 Å². The predicted molar refractivity (Wildman–Crippen MR) is 88.5 cm³/mol. The average Bonchev–Trinajstić information content (AvgIpc) is 3.15. The van der Waals surface area contributed by atoms with Gasteiger partial charge in [-0.15, -0.1) is 0 Å². The molecule has 6 nitrogen and oxygen atoms in total. The lowest BCUT2D eigenvalue weighted by Crippen LogP contribution is -2.24. The first-order valence-electron chi connectivity index (χ1n) is 7.63. The molecule has 0 aliphatic heterocycles. The van der Waals surface area contributed by atoms with Gasteiger partial charge in [-0.25, -0.2) is 4.98 Å². The van der Waals surface area contributed by atoms with Gasteiger partial charge in [0.1, 0.15) is 11.4 Å².